The molecular formula is C23H23BrF4N2O2S2. The standard InChI is InChI=1S/C21H21BrFNOS2.C2H2F3NO/c22-15-3-8-19-18(13-15)21(9-11-26-12-10-21)20(14-1-2-14)24(19)27(25)17-6-4-16(23)5-7-17;3-2(4,5)1(6)7/h3-8,13-14,20H,1-2,9-12H2;(H2,6,7). The minimum absolute atomic E-state index is 0.0845. The van der Waals surface area contributed by atoms with Crippen LogP contribution < -0.4 is 10.0 Å². The number of benzene rings is 2. The Hall–Kier alpha value is -1.59. The summed E-state index contributed by atoms with van der Waals surface area (Å²) < 4.78 is 62.4. The van der Waals surface area contributed by atoms with E-state index < -0.39 is 23.1 Å². The Kier molecular flexibility index (Phi) is 7.36. The molecule has 2 aromatic carbocycles. The van der Waals surface area contributed by atoms with Crippen molar-refractivity contribution in [2.45, 2.75) is 48.2 Å². The predicted octanol–water partition coefficient (Wildman–Crippen LogP) is 5.71. The number of amides is 1. The number of primary amides is 1. The first-order valence-electron chi connectivity index (χ1n) is 10.8. The van der Waals surface area contributed by atoms with Gasteiger partial charge in [0.25, 0.3) is 0 Å². The molecule has 0 aromatic heterocycles. The van der Waals surface area contributed by atoms with Gasteiger partial charge in [-0.25, -0.2) is 8.60 Å². The summed E-state index contributed by atoms with van der Waals surface area (Å²) in [6.45, 7) is 0. The number of nitrogens with two attached hydrogens (primary N) is 1. The fourth-order valence-corrected chi connectivity index (χ4v) is 7.94. The lowest BCUT2D eigenvalue weighted by Gasteiger charge is -2.41. The maximum atomic E-state index is 13.7. The third-order valence-corrected chi connectivity index (χ3v) is 9.41. The van der Waals surface area contributed by atoms with Crippen LogP contribution >= 0.6 is 27.7 Å². The maximum Gasteiger partial charge on any atom is 0.470 e. The first-order valence-corrected chi connectivity index (χ1v) is 13.8. The van der Waals surface area contributed by atoms with Gasteiger partial charge in [0, 0.05) is 9.89 Å². The molecule has 2 unspecified atom stereocenters. The SMILES string of the molecule is NC(=O)C(F)(F)F.O=S(c1ccc(F)cc1)N1c2ccc(Br)cc2C2(CCSCC2)C1C1CC1. The summed E-state index contributed by atoms with van der Waals surface area (Å²) in [6.07, 6.45) is -0.156. The zero-order valence-electron chi connectivity index (χ0n) is 18.0. The number of carbonyl (C=O) groups excluding carboxylic acids is 1. The molecule has 1 spiro atoms. The van der Waals surface area contributed by atoms with E-state index in [2.05, 4.69) is 38.1 Å². The molecule has 2 fully saturated rings. The number of anilines is 1. The van der Waals surface area contributed by atoms with E-state index in [1.165, 1.54) is 30.5 Å². The van der Waals surface area contributed by atoms with Crippen molar-refractivity contribution in [1.82, 2.24) is 0 Å². The molecular weight excluding hydrogens is 556 g/mol. The summed E-state index contributed by atoms with van der Waals surface area (Å²) in [5, 5.41) is 0. The molecule has 2 atom stereocenters. The minimum atomic E-state index is -4.86. The largest absolute Gasteiger partial charge is 0.470 e. The quantitative estimate of drug-likeness (QED) is 0.474. The van der Waals surface area contributed by atoms with Gasteiger partial charge in [0.1, 0.15) is 5.82 Å². The highest BCUT2D eigenvalue weighted by Gasteiger charge is 2.58. The first kappa shape index (κ1) is 25.5. The molecule has 1 saturated carbocycles. The van der Waals surface area contributed by atoms with Crippen LogP contribution in [0.1, 0.15) is 31.2 Å². The maximum absolute atomic E-state index is 13.7. The molecule has 2 aromatic rings. The second-order valence-electron chi connectivity index (χ2n) is 8.60. The summed E-state index contributed by atoms with van der Waals surface area (Å²) in [5.74, 6) is 0.371. The molecule has 2 heterocycles. The summed E-state index contributed by atoms with van der Waals surface area (Å²) in [5.41, 5.74) is 6.34. The Bertz CT molecular complexity index is 1090. The molecule has 2 aliphatic heterocycles. The Labute approximate surface area is 210 Å². The smallest absolute Gasteiger partial charge is 0.362 e. The van der Waals surface area contributed by atoms with E-state index in [1.54, 1.807) is 12.1 Å². The summed E-state index contributed by atoms with van der Waals surface area (Å²) in [7, 11) is -1.33. The van der Waals surface area contributed by atoms with Crippen molar-refractivity contribution >= 4 is 50.3 Å². The van der Waals surface area contributed by atoms with Crippen molar-refractivity contribution in [2.75, 3.05) is 15.8 Å². The lowest BCUT2D eigenvalue weighted by molar-refractivity contribution is -0.169. The zero-order valence-corrected chi connectivity index (χ0v) is 21.2. The number of halogens is 5. The van der Waals surface area contributed by atoms with Crippen LogP contribution in [0.2, 0.25) is 0 Å². The van der Waals surface area contributed by atoms with Gasteiger partial charge in [-0.05, 0) is 91.1 Å². The molecule has 1 saturated heterocycles. The molecule has 34 heavy (non-hydrogen) atoms. The van der Waals surface area contributed by atoms with Crippen molar-refractivity contribution in [3.05, 3.63) is 58.3 Å². The van der Waals surface area contributed by atoms with Gasteiger partial charge in [0.15, 0.2) is 11.0 Å². The Balaban J connectivity index is 0.000000344. The van der Waals surface area contributed by atoms with Crippen LogP contribution in [0.5, 0.6) is 0 Å². The van der Waals surface area contributed by atoms with Crippen LogP contribution in [-0.2, 0) is 21.2 Å². The second kappa shape index (κ2) is 9.81. The number of rotatable bonds is 3. The fraction of sp³-hybridized carbons (Fsp3) is 0.435. The molecule has 0 bridgehead atoms. The molecule has 11 heteroatoms. The van der Waals surface area contributed by atoms with E-state index >= 15 is 0 Å². The van der Waals surface area contributed by atoms with Crippen molar-refractivity contribution in [3.8, 4) is 0 Å². The fourth-order valence-electron chi connectivity index (χ4n) is 4.85. The van der Waals surface area contributed by atoms with E-state index in [-0.39, 0.29) is 17.3 Å². The number of alkyl halides is 3. The van der Waals surface area contributed by atoms with E-state index in [0.29, 0.717) is 10.8 Å². The van der Waals surface area contributed by atoms with Crippen molar-refractivity contribution in [2.24, 2.45) is 11.7 Å². The van der Waals surface area contributed by atoms with Gasteiger partial charge < -0.3 is 5.73 Å². The topological polar surface area (TPSA) is 63.4 Å². The number of hydrogen-bond donors (Lipinski definition) is 1. The highest BCUT2D eigenvalue weighted by molar-refractivity contribution is 9.10. The van der Waals surface area contributed by atoms with Crippen molar-refractivity contribution in [1.29, 1.82) is 0 Å². The van der Waals surface area contributed by atoms with E-state index in [4.69, 9.17) is 4.79 Å². The lowest BCUT2D eigenvalue weighted by atomic mass is 9.70. The average molecular weight is 579 g/mol. The van der Waals surface area contributed by atoms with Crippen molar-refractivity contribution < 1.29 is 26.6 Å². The minimum Gasteiger partial charge on any atom is -0.362 e. The lowest BCUT2D eigenvalue weighted by Crippen LogP contribution is -2.49. The highest BCUT2D eigenvalue weighted by Crippen LogP contribution is 2.59. The molecule has 1 aliphatic carbocycles. The normalized spacial score (nSPS) is 22.0. The third kappa shape index (κ3) is 5.02. The van der Waals surface area contributed by atoms with Crippen LogP contribution in [0.4, 0.5) is 23.2 Å². The van der Waals surface area contributed by atoms with Gasteiger partial charge in [-0.1, -0.05) is 15.9 Å². The number of fused-ring (bicyclic) bond motifs is 2. The van der Waals surface area contributed by atoms with E-state index in [9.17, 15) is 21.8 Å². The summed E-state index contributed by atoms with van der Waals surface area (Å²) >= 11 is 5.68. The summed E-state index contributed by atoms with van der Waals surface area (Å²) in [4.78, 5) is 9.80. The number of thioether (sulfide) groups is 1. The van der Waals surface area contributed by atoms with E-state index in [0.717, 1.165) is 34.5 Å². The Morgan fingerprint density at radius 2 is 1.71 bits per heavy atom. The van der Waals surface area contributed by atoms with Gasteiger partial charge >= 0.3 is 12.1 Å². The second-order valence-corrected chi connectivity index (χ2v) is 12.1. The Morgan fingerprint density at radius 3 is 2.24 bits per heavy atom. The molecule has 184 valence electrons. The molecule has 0 radical (unpaired) electrons. The first-order chi connectivity index (χ1) is 16.0. The van der Waals surface area contributed by atoms with Gasteiger partial charge in [-0.15, -0.1) is 0 Å². The molecule has 5 rings (SSSR count). The average Bonchev–Trinajstić information content (AvgIpc) is 3.59. The van der Waals surface area contributed by atoms with Crippen LogP contribution in [0, 0.1) is 11.7 Å². The van der Waals surface area contributed by atoms with Crippen LogP contribution in [0.25, 0.3) is 0 Å². The molecule has 4 nitrogen and oxygen atoms in total. The third-order valence-electron chi connectivity index (χ3n) is 6.48. The van der Waals surface area contributed by atoms with E-state index in [1.807, 2.05) is 17.8 Å². The molecule has 2 N–H and O–H groups in total. The van der Waals surface area contributed by atoms with Crippen molar-refractivity contribution in [3.63, 3.8) is 0 Å². The van der Waals surface area contributed by atoms with Gasteiger partial charge in [0.05, 0.1) is 16.6 Å². The van der Waals surface area contributed by atoms with Crippen LogP contribution in [0.15, 0.2) is 51.8 Å². The monoisotopic (exact) mass is 578 g/mol. The van der Waals surface area contributed by atoms with Gasteiger partial charge in [0.2, 0.25) is 0 Å². The number of hydrogen-bond acceptors (Lipinski definition) is 3. The zero-order chi connectivity index (χ0) is 24.7. The van der Waals surface area contributed by atoms with Crippen LogP contribution in [-0.4, -0.2) is 33.8 Å². The summed E-state index contributed by atoms with van der Waals surface area (Å²) in [6, 6.07) is 12.8. The van der Waals surface area contributed by atoms with Gasteiger partial charge in [-0.2, -0.15) is 24.9 Å². The molecule has 1 amide bonds. The highest BCUT2D eigenvalue weighted by atomic mass is 79.9. The number of nitrogens with zero attached hydrogens (tertiary/aromatic N) is 1. The Morgan fingerprint density at radius 1 is 1.12 bits per heavy atom. The van der Waals surface area contributed by atoms with Crippen LogP contribution in [0.3, 0.4) is 0 Å². The molecule has 3 aliphatic rings. The van der Waals surface area contributed by atoms with Gasteiger partial charge in [-0.3, -0.25) is 9.10 Å². The number of carbonyl (C=O) groups is 1. The predicted molar refractivity (Wildman–Crippen MR) is 129 cm³/mol.